The van der Waals surface area contributed by atoms with Crippen LogP contribution in [0.4, 0.5) is 4.79 Å². The molecule has 0 saturated carbocycles. The lowest BCUT2D eigenvalue weighted by Gasteiger charge is -2.49. The molecule has 0 bridgehead atoms. The Kier molecular flexibility index (Phi) is 12.1. The quantitative estimate of drug-likeness (QED) is 0.200. The van der Waals surface area contributed by atoms with Gasteiger partial charge in [0.25, 0.3) is 5.79 Å². The summed E-state index contributed by atoms with van der Waals surface area (Å²) in [5, 5.41) is 13.7. The van der Waals surface area contributed by atoms with E-state index in [1.54, 1.807) is 20.8 Å². The zero-order valence-electron chi connectivity index (χ0n) is 22.8. The van der Waals surface area contributed by atoms with Gasteiger partial charge >= 0.3 is 35.9 Å². The fraction of sp³-hybridized carbons (Fsp3) is 0.739. The maximum absolute atomic E-state index is 12.8. The first-order valence-electron chi connectivity index (χ1n) is 11.6. The molecule has 1 rings (SSSR count). The van der Waals surface area contributed by atoms with Crippen molar-refractivity contribution in [1.29, 1.82) is 0 Å². The molecule has 222 valence electrons. The number of rotatable bonds is 9. The monoisotopic (exact) mass is 627 g/mol. The minimum atomic E-state index is -2.90. The highest BCUT2D eigenvalue weighted by molar-refractivity contribution is 9.09. The Morgan fingerprint density at radius 3 is 1.97 bits per heavy atom. The molecular weight excluding hydrogens is 594 g/mol. The van der Waals surface area contributed by atoms with Gasteiger partial charge in [-0.15, -0.1) is 0 Å². The van der Waals surface area contributed by atoms with E-state index in [2.05, 4.69) is 26.0 Å². The molecule has 0 aromatic rings. The van der Waals surface area contributed by atoms with Gasteiger partial charge in [-0.25, -0.2) is 9.59 Å². The van der Waals surface area contributed by atoms with Crippen LogP contribution >= 0.6 is 15.9 Å². The second-order valence-electron chi connectivity index (χ2n) is 9.44. The highest BCUT2D eigenvalue weighted by atomic mass is 79.9. The van der Waals surface area contributed by atoms with E-state index in [9.17, 15) is 33.9 Å². The summed E-state index contributed by atoms with van der Waals surface area (Å²) in [6.07, 6.45) is -7.80. The van der Waals surface area contributed by atoms with Gasteiger partial charge < -0.3 is 43.6 Å². The third kappa shape index (κ3) is 9.93. The summed E-state index contributed by atoms with van der Waals surface area (Å²) in [4.78, 5) is 71.5. The van der Waals surface area contributed by atoms with E-state index >= 15 is 0 Å². The van der Waals surface area contributed by atoms with Crippen LogP contribution in [0.1, 0.15) is 48.5 Å². The summed E-state index contributed by atoms with van der Waals surface area (Å²) < 4.78 is 36.5. The Labute approximate surface area is 233 Å². The number of nitrogens with one attached hydrogen (secondary N) is 1. The van der Waals surface area contributed by atoms with Crippen molar-refractivity contribution in [3.05, 3.63) is 0 Å². The van der Waals surface area contributed by atoms with Crippen molar-refractivity contribution < 1.29 is 67.0 Å². The zero-order valence-corrected chi connectivity index (χ0v) is 24.4. The van der Waals surface area contributed by atoms with Crippen molar-refractivity contribution in [3.8, 4) is 0 Å². The maximum Gasteiger partial charge on any atom is 0.408 e. The fourth-order valence-electron chi connectivity index (χ4n) is 3.60. The first kappa shape index (κ1) is 34.0. The molecular formula is C23H34BrNO14. The van der Waals surface area contributed by atoms with Gasteiger partial charge in [0.2, 0.25) is 0 Å². The van der Waals surface area contributed by atoms with Gasteiger partial charge in [0.1, 0.15) is 35.3 Å². The topological polar surface area (TPSA) is 199 Å². The molecule has 1 saturated heterocycles. The average molecular weight is 628 g/mol. The molecule has 1 heterocycles. The van der Waals surface area contributed by atoms with E-state index in [4.69, 9.17) is 28.4 Å². The van der Waals surface area contributed by atoms with Crippen molar-refractivity contribution in [2.24, 2.45) is 0 Å². The normalized spacial score (nSPS) is 26.2. The predicted octanol–water partition coefficient (Wildman–Crippen LogP) is 0.262. The molecule has 2 N–H and O–H groups in total. The lowest BCUT2D eigenvalue weighted by molar-refractivity contribution is -0.294. The van der Waals surface area contributed by atoms with E-state index in [0.717, 1.165) is 34.8 Å². The zero-order chi connectivity index (χ0) is 30.3. The molecule has 1 aliphatic rings. The minimum absolute atomic E-state index is 0.668. The second kappa shape index (κ2) is 13.9. The minimum Gasteiger partial charge on any atom is -0.465 e. The third-order valence-electron chi connectivity index (χ3n) is 4.91. The van der Waals surface area contributed by atoms with E-state index in [1.807, 2.05) is 0 Å². The Morgan fingerprint density at radius 2 is 1.54 bits per heavy atom. The summed E-state index contributed by atoms with van der Waals surface area (Å²) >= 11 is 3.09. The van der Waals surface area contributed by atoms with Crippen molar-refractivity contribution in [1.82, 2.24) is 5.32 Å². The van der Waals surface area contributed by atoms with E-state index in [1.165, 1.54) is 0 Å². The number of halogens is 1. The van der Waals surface area contributed by atoms with E-state index in [0.29, 0.717) is 0 Å². The van der Waals surface area contributed by atoms with Crippen molar-refractivity contribution in [2.45, 2.75) is 95.1 Å². The van der Waals surface area contributed by atoms with Gasteiger partial charge in [-0.05, 0) is 20.8 Å². The van der Waals surface area contributed by atoms with Crippen LogP contribution in [0.2, 0.25) is 0 Å². The highest BCUT2D eigenvalue weighted by Crippen LogP contribution is 2.38. The van der Waals surface area contributed by atoms with Gasteiger partial charge in [-0.1, -0.05) is 15.9 Å². The van der Waals surface area contributed by atoms with Crippen LogP contribution in [0.25, 0.3) is 0 Å². The number of hydrogen-bond acceptors (Lipinski definition) is 14. The molecule has 1 amide bonds. The lowest BCUT2D eigenvalue weighted by Crippen LogP contribution is -2.73. The van der Waals surface area contributed by atoms with Gasteiger partial charge in [-0.2, -0.15) is 0 Å². The van der Waals surface area contributed by atoms with Gasteiger partial charge in [0.05, 0.1) is 7.11 Å². The van der Waals surface area contributed by atoms with Crippen LogP contribution in [0.15, 0.2) is 0 Å². The fourth-order valence-corrected chi connectivity index (χ4v) is 4.33. The molecule has 0 aliphatic carbocycles. The van der Waals surface area contributed by atoms with Crippen LogP contribution in [0, 0.1) is 0 Å². The number of hydrogen-bond donors (Lipinski definition) is 2. The molecule has 0 aromatic carbocycles. The Bertz CT molecular complexity index is 950. The summed E-state index contributed by atoms with van der Waals surface area (Å²) in [5.41, 5.74) is -0.989. The second-order valence-corrected chi connectivity index (χ2v) is 10.4. The third-order valence-corrected chi connectivity index (χ3v) is 6.05. The standard InChI is InChI=1S/C23H34BrNO14/c1-10(26)34-9-14(35-11(2)27)16(36-12(3)28)17-15(25-21(31)39-22(5,6)7)18(37-13(4)29)19(24)23(32,38-17)20(30)33-8/h14-19,32H,9H2,1-8H3,(H,25,31)/t14-,15+,16-,17?,18?,19?,23+/m1/s1. The molecule has 0 radical (unpaired) electrons. The average Bonchev–Trinajstić information content (AvgIpc) is 2.77. The number of amides is 1. The molecule has 0 spiro atoms. The number of ether oxygens (including phenoxy) is 7. The number of carbonyl (C=O) groups is 6. The van der Waals surface area contributed by atoms with Crippen LogP contribution < -0.4 is 5.32 Å². The first-order chi connectivity index (χ1) is 17.8. The first-order valence-corrected chi connectivity index (χ1v) is 12.5. The smallest absolute Gasteiger partial charge is 0.408 e. The highest BCUT2D eigenvalue weighted by Gasteiger charge is 2.63. The van der Waals surface area contributed by atoms with E-state index < -0.39 is 89.2 Å². The van der Waals surface area contributed by atoms with Crippen molar-refractivity contribution in [2.75, 3.05) is 13.7 Å². The number of aliphatic hydroxyl groups is 1. The van der Waals surface area contributed by atoms with Crippen LogP contribution in [-0.4, -0.2) is 101 Å². The van der Waals surface area contributed by atoms with Gasteiger partial charge in [0.15, 0.2) is 12.2 Å². The summed E-state index contributed by atoms with van der Waals surface area (Å²) in [6, 6.07) is -1.53. The summed E-state index contributed by atoms with van der Waals surface area (Å²) in [5.74, 6) is -7.78. The molecule has 16 heteroatoms. The summed E-state index contributed by atoms with van der Waals surface area (Å²) in [6.45, 7) is 8.16. The predicted molar refractivity (Wildman–Crippen MR) is 131 cm³/mol. The lowest BCUT2D eigenvalue weighted by atomic mass is 9.88. The molecule has 7 atom stereocenters. The Balaban J connectivity index is 3.82. The van der Waals surface area contributed by atoms with Crippen molar-refractivity contribution in [3.63, 3.8) is 0 Å². The maximum atomic E-state index is 12.8. The number of alkyl halides is 1. The van der Waals surface area contributed by atoms with Crippen LogP contribution in [0.5, 0.6) is 0 Å². The van der Waals surface area contributed by atoms with Crippen LogP contribution in [0.3, 0.4) is 0 Å². The largest absolute Gasteiger partial charge is 0.465 e. The number of esters is 5. The molecule has 39 heavy (non-hydrogen) atoms. The Hall–Kier alpha value is -2.98. The van der Waals surface area contributed by atoms with Crippen molar-refractivity contribution >= 4 is 51.9 Å². The van der Waals surface area contributed by atoms with E-state index in [-0.39, 0.29) is 0 Å². The Morgan fingerprint density at radius 1 is 0.974 bits per heavy atom. The molecule has 0 aromatic heterocycles. The van der Waals surface area contributed by atoms with Gasteiger partial charge in [-0.3, -0.25) is 19.2 Å². The molecule has 3 unspecified atom stereocenters. The SMILES string of the molecule is COC(=O)[C@@]1(O)OC([C@H](OC(C)=O)[C@@H](COC(C)=O)OC(C)=O)[C@H](NC(=O)OC(C)(C)C)C(OC(C)=O)C1Br. The van der Waals surface area contributed by atoms with Crippen LogP contribution in [-0.2, 0) is 57.1 Å². The summed E-state index contributed by atoms with van der Waals surface area (Å²) in [7, 11) is 0.941. The number of methoxy groups -OCH3 is 1. The number of carbonyl (C=O) groups excluding carboxylic acids is 6. The van der Waals surface area contributed by atoms with Gasteiger partial charge in [0, 0.05) is 27.7 Å². The molecule has 1 fully saturated rings. The number of alkyl carbamates (subject to hydrolysis) is 1. The molecule has 1 aliphatic heterocycles. The molecule has 15 nitrogen and oxygen atoms in total.